The summed E-state index contributed by atoms with van der Waals surface area (Å²) in [4.78, 5) is 24.3. The van der Waals surface area contributed by atoms with Crippen LogP contribution in [0.15, 0.2) is 54.6 Å². The zero-order chi connectivity index (χ0) is 17.3. The smallest absolute Gasteiger partial charge is 0.315 e. The van der Waals surface area contributed by atoms with E-state index in [4.69, 9.17) is 4.74 Å². The number of rotatable bonds is 4. The molecule has 0 bridgehead atoms. The predicted molar refractivity (Wildman–Crippen MR) is 89.8 cm³/mol. The SMILES string of the molecule is Cc1ccccc1OC(=O)[C@@H]1[C@H](C)[C@H](C(=O)O)[C@H]1c1ccccc1. The molecule has 0 amide bonds. The topological polar surface area (TPSA) is 63.6 Å². The number of hydrogen-bond acceptors (Lipinski definition) is 3. The Morgan fingerprint density at radius 2 is 1.58 bits per heavy atom. The second-order valence-corrected chi connectivity index (χ2v) is 6.37. The minimum Gasteiger partial charge on any atom is -0.481 e. The maximum atomic E-state index is 12.7. The summed E-state index contributed by atoms with van der Waals surface area (Å²) in [6, 6.07) is 16.7. The minimum atomic E-state index is -0.865. The fourth-order valence-corrected chi connectivity index (χ4v) is 3.63. The Morgan fingerprint density at radius 3 is 2.21 bits per heavy atom. The third-order valence-electron chi connectivity index (χ3n) is 4.95. The van der Waals surface area contributed by atoms with Gasteiger partial charge in [-0.3, -0.25) is 9.59 Å². The van der Waals surface area contributed by atoms with Crippen molar-refractivity contribution < 1.29 is 19.4 Å². The molecule has 0 aliphatic heterocycles. The molecule has 0 heterocycles. The largest absolute Gasteiger partial charge is 0.481 e. The summed E-state index contributed by atoms with van der Waals surface area (Å²) in [7, 11) is 0. The van der Waals surface area contributed by atoms with Crippen molar-refractivity contribution in [3.63, 3.8) is 0 Å². The van der Waals surface area contributed by atoms with Crippen molar-refractivity contribution in [3.05, 3.63) is 65.7 Å². The fourth-order valence-electron chi connectivity index (χ4n) is 3.63. The van der Waals surface area contributed by atoms with Crippen LogP contribution in [0, 0.1) is 24.7 Å². The van der Waals surface area contributed by atoms with Gasteiger partial charge in [0, 0.05) is 5.92 Å². The van der Waals surface area contributed by atoms with E-state index in [1.807, 2.05) is 62.4 Å². The average molecular weight is 324 g/mol. The van der Waals surface area contributed by atoms with Gasteiger partial charge >= 0.3 is 11.9 Å². The van der Waals surface area contributed by atoms with Crippen LogP contribution < -0.4 is 4.74 Å². The Kier molecular flexibility index (Phi) is 4.38. The first-order valence-electron chi connectivity index (χ1n) is 8.05. The van der Waals surface area contributed by atoms with Gasteiger partial charge in [-0.1, -0.05) is 55.5 Å². The lowest BCUT2D eigenvalue weighted by Gasteiger charge is -2.47. The molecule has 0 unspecified atom stereocenters. The van der Waals surface area contributed by atoms with Crippen LogP contribution in [0.1, 0.15) is 24.0 Å². The molecule has 4 nitrogen and oxygen atoms in total. The minimum absolute atomic E-state index is 0.260. The molecule has 1 saturated carbocycles. The number of para-hydroxylation sites is 1. The van der Waals surface area contributed by atoms with E-state index in [0.717, 1.165) is 11.1 Å². The number of benzene rings is 2. The molecular formula is C20H20O4. The molecule has 24 heavy (non-hydrogen) atoms. The first-order valence-corrected chi connectivity index (χ1v) is 8.05. The van der Waals surface area contributed by atoms with Crippen molar-refractivity contribution in [2.45, 2.75) is 19.8 Å². The summed E-state index contributed by atoms with van der Waals surface area (Å²) in [6.45, 7) is 3.68. The quantitative estimate of drug-likeness (QED) is 0.689. The molecule has 0 aromatic heterocycles. The summed E-state index contributed by atoms with van der Waals surface area (Å²) in [5, 5.41) is 9.52. The van der Waals surface area contributed by atoms with Crippen molar-refractivity contribution >= 4 is 11.9 Å². The number of aryl methyl sites for hydroxylation is 1. The second kappa shape index (κ2) is 6.48. The van der Waals surface area contributed by atoms with Crippen molar-refractivity contribution in [3.8, 4) is 5.75 Å². The Bertz CT molecular complexity index is 753. The standard InChI is InChI=1S/C20H20O4/c1-12-8-6-7-11-15(12)24-20(23)17-13(2)16(19(21)22)18(17)14-9-4-3-5-10-14/h3-11,13,16-18H,1-2H3,(H,21,22)/t13-,16+,17-,18-/m1/s1. The molecule has 2 aromatic carbocycles. The lowest BCUT2D eigenvalue weighted by atomic mass is 9.55. The molecule has 0 radical (unpaired) electrons. The second-order valence-electron chi connectivity index (χ2n) is 6.37. The van der Waals surface area contributed by atoms with Gasteiger partial charge in [0.2, 0.25) is 0 Å². The summed E-state index contributed by atoms with van der Waals surface area (Å²) in [5.41, 5.74) is 1.75. The van der Waals surface area contributed by atoms with Gasteiger partial charge in [-0.2, -0.15) is 0 Å². The lowest BCUT2D eigenvalue weighted by Crippen LogP contribution is -2.52. The van der Waals surface area contributed by atoms with Crippen molar-refractivity contribution in [1.82, 2.24) is 0 Å². The summed E-state index contributed by atoms with van der Waals surface area (Å²) in [5.74, 6) is -2.32. The number of carboxylic acid groups (broad SMARTS) is 1. The average Bonchev–Trinajstić information content (AvgIpc) is 2.55. The third kappa shape index (κ3) is 2.80. The van der Waals surface area contributed by atoms with Crippen LogP contribution in [-0.2, 0) is 9.59 Å². The number of carbonyl (C=O) groups is 2. The van der Waals surface area contributed by atoms with E-state index in [9.17, 15) is 14.7 Å². The highest BCUT2D eigenvalue weighted by atomic mass is 16.5. The Morgan fingerprint density at radius 1 is 0.958 bits per heavy atom. The van der Waals surface area contributed by atoms with E-state index < -0.39 is 17.8 Å². The molecule has 1 N–H and O–H groups in total. The molecule has 4 heteroatoms. The van der Waals surface area contributed by atoms with Crippen molar-refractivity contribution in [2.24, 2.45) is 17.8 Å². The van der Waals surface area contributed by atoms with Gasteiger partial charge in [-0.15, -0.1) is 0 Å². The molecule has 1 aliphatic rings. The molecule has 124 valence electrons. The normalized spacial score (nSPS) is 25.6. The Balaban J connectivity index is 1.86. The summed E-state index contributed by atoms with van der Waals surface area (Å²) >= 11 is 0. The van der Waals surface area contributed by atoms with E-state index in [1.165, 1.54) is 0 Å². The molecule has 1 aliphatic carbocycles. The van der Waals surface area contributed by atoms with Crippen LogP contribution in [0.4, 0.5) is 0 Å². The predicted octanol–water partition coefficient (Wildman–Crippen LogP) is 3.65. The van der Waals surface area contributed by atoms with E-state index >= 15 is 0 Å². The van der Waals surface area contributed by atoms with Gasteiger partial charge < -0.3 is 9.84 Å². The highest BCUT2D eigenvalue weighted by Gasteiger charge is 2.56. The van der Waals surface area contributed by atoms with Crippen LogP contribution in [0.5, 0.6) is 5.75 Å². The van der Waals surface area contributed by atoms with Crippen molar-refractivity contribution in [1.29, 1.82) is 0 Å². The molecule has 4 atom stereocenters. The Labute approximate surface area is 141 Å². The van der Waals surface area contributed by atoms with E-state index in [0.29, 0.717) is 5.75 Å². The molecule has 0 saturated heterocycles. The number of aliphatic carboxylic acids is 1. The van der Waals surface area contributed by atoms with Crippen LogP contribution >= 0.6 is 0 Å². The van der Waals surface area contributed by atoms with E-state index in [-0.39, 0.29) is 17.8 Å². The molecular weight excluding hydrogens is 304 g/mol. The number of carboxylic acids is 1. The van der Waals surface area contributed by atoms with Gasteiger partial charge in [-0.25, -0.2) is 0 Å². The van der Waals surface area contributed by atoms with Crippen LogP contribution in [-0.4, -0.2) is 17.0 Å². The van der Waals surface area contributed by atoms with Crippen molar-refractivity contribution in [2.75, 3.05) is 0 Å². The highest BCUT2D eigenvalue weighted by molar-refractivity contribution is 5.84. The maximum absolute atomic E-state index is 12.7. The number of carbonyl (C=O) groups excluding carboxylic acids is 1. The molecule has 3 rings (SSSR count). The number of ether oxygens (including phenoxy) is 1. The lowest BCUT2D eigenvalue weighted by molar-refractivity contribution is -0.162. The highest BCUT2D eigenvalue weighted by Crippen LogP contribution is 2.52. The number of esters is 1. The summed E-state index contributed by atoms with van der Waals surface area (Å²) in [6.07, 6.45) is 0. The first kappa shape index (κ1) is 16.2. The number of hydrogen-bond donors (Lipinski definition) is 1. The van der Waals surface area contributed by atoms with Gasteiger partial charge in [0.1, 0.15) is 5.75 Å². The zero-order valence-electron chi connectivity index (χ0n) is 13.7. The van der Waals surface area contributed by atoms with E-state index in [2.05, 4.69) is 0 Å². The van der Waals surface area contributed by atoms with Crippen LogP contribution in [0.2, 0.25) is 0 Å². The monoisotopic (exact) mass is 324 g/mol. The van der Waals surface area contributed by atoms with Crippen LogP contribution in [0.3, 0.4) is 0 Å². The van der Waals surface area contributed by atoms with E-state index in [1.54, 1.807) is 6.07 Å². The van der Waals surface area contributed by atoms with Gasteiger partial charge in [0.25, 0.3) is 0 Å². The third-order valence-corrected chi connectivity index (χ3v) is 4.95. The first-order chi connectivity index (χ1) is 11.5. The van der Waals surface area contributed by atoms with Gasteiger partial charge in [0.05, 0.1) is 11.8 Å². The maximum Gasteiger partial charge on any atom is 0.315 e. The zero-order valence-corrected chi connectivity index (χ0v) is 13.7. The van der Waals surface area contributed by atoms with Crippen LogP contribution in [0.25, 0.3) is 0 Å². The van der Waals surface area contributed by atoms with Gasteiger partial charge in [0.15, 0.2) is 0 Å². The molecule has 2 aromatic rings. The molecule has 1 fully saturated rings. The summed E-state index contributed by atoms with van der Waals surface area (Å²) < 4.78 is 5.57. The molecule has 0 spiro atoms. The fraction of sp³-hybridized carbons (Fsp3) is 0.300. The van der Waals surface area contributed by atoms with Gasteiger partial charge in [-0.05, 0) is 30.0 Å². The Hall–Kier alpha value is -2.62.